The van der Waals surface area contributed by atoms with Crippen molar-refractivity contribution in [1.82, 2.24) is 14.7 Å². The van der Waals surface area contributed by atoms with Crippen molar-refractivity contribution in [3.63, 3.8) is 0 Å². The average Bonchev–Trinajstić information content (AvgIpc) is 2.79. The molecule has 2 aromatic rings. The number of benzene rings is 1. The van der Waals surface area contributed by atoms with E-state index in [1.54, 1.807) is 23.0 Å². The first-order valence-electron chi connectivity index (χ1n) is 6.39. The Morgan fingerprint density at radius 1 is 1.38 bits per heavy atom. The molecule has 1 atom stereocenters. The molecule has 1 aromatic heterocycles. The Balaban J connectivity index is 2.36. The van der Waals surface area contributed by atoms with E-state index in [4.69, 9.17) is 0 Å². The third-order valence-electron chi connectivity index (χ3n) is 3.10. The summed E-state index contributed by atoms with van der Waals surface area (Å²) < 4.78 is 17.0. The molecule has 0 saturated carbocycles. The fraction of sp³-hybridized carbons (Fsp3) is 0.357. The van der Waals surface area contributed by atoms with Crippen LogP contribution in [0.4, 0.5) is 4.39 Å². The van der Waals surface area contributed by atoms with E-state index < -0.39 is 11.9 Å². The Morgan fingerprint density at radius 2 is 2.10 bits per heavy atom. The number of nitrogens with zero attached hydrogens (tertiary/aromatic N) is 3. The highest BCUT2D eigenvalue weighted by Gasteiger charge is 2.22. The van der Waals surface area contributed by atoms with Gasteiger partial charge in [-0.2, -0.15) is 5.10 Å². The molecule has 0 amide bonds. The molecule has 0 radical (unpaired) electrons. The smallest absolute Gasteiger partial charge is 0.129 e. The molecule has 114 valence electrons. The summed E-state index contributed by atoms with van der Waals surface area (Å²) in [6, 6.07) is 4.51. The molecule has 7 heteroatoms. The molecule has 0 bridgehead atoms. The van der Waals surface area contributed by atoms with E-state index in [1.165, 1.54) is 6.07 Å². The van der Waals surface area contributed by atoms with Gasteiger partial charge in [0.2, 0.25) is 0 Å². The van der Waals surface area contributed by atoms with Crippen molar-refractivity contribution in [3.8, 4) is 0 Å². The van der Waals surface area contributed by atoms with Gasteiger partial charge < -0.3 is 10.0 Å². The van der Waals surface area contributed by atoms with E-state index in [0.717, 1.165) is 6.54 Å². The normalized spacial score (nSPS) is 12.9. The second kappa shape index (κ2) is 7.00. The van der Waals surface area contributed by atoms with Crippen LogP contribution in [0.3, 0.4) is 0 Å². The number of aliphatic hydroxyl groups is 1. The zero-order valence-corrected chi connectivity index (χ0v) is 14.9. The number of hydrogen-bond donors (Lipinski definition) is 1. The van der Waals surface area contributed by atoms with Gasteiger partial charge in [-0.3, -0.25) is 4.68 Å². The van der Waals surface area contributed by atoms with Crippen LogP contribution in [0, 0.1) is 5.82 Å². The number of aromatic nitrogens is 2. The third-order valence-corrected chi connectivity index (χ3v) is 4.21. The molecule has 1 unspecified atom stereocenters. The summed E-state index contributed by atoms with van der Waals surface area (Å²) in [7, 11) is 3.92. The summed E-state index contributed by atoms with van der Waals surface area (Å²) in [6.07, 6.45) is 0.533. The first kappa shape index (κ1) is 16.6. The van der Waals surface area contributed by atoms with Gasteiger partial charge in [0.05, 0.1) is 22.9 Å². The molecule has 4 nitrogen and oxygen atoms in total. The molecule has 0 aliphatic heterocycles. The zero-order valence-electron chi connectivity index (χ0n) is 11.7. The van der Waals surface area contributed by atoms with Gasteiger partial charge >= 0.3 is 0 Å². The predicted molar refractivity (Wildman–Crippen MR) is 86.6 cm³/mol. The minimum Gasteiger partial charge on any atom is -0.382 e. The second-order valence-electron chi connectivity index (χ2n) is 4.97. The molecule has 0 fully saturated rings. The van der Waals surface area contributed by atoms with Gasteiger partial charge in [0.25, 0.3) is 0 Å². The van der Waals surface area contributed by atoms with E-state index in [0.29, 0.717) is 21.2 Å². The molecular weight excluding hydrogens is 405 g/mol. The Bertz CT molecular complexity index is 631. The monoisotopic (exact) mass is 419 g/mol. The average molecular weight is 421 g/mol. The van der Waals surface area contributed by atoms with Gasteiger partial charge in [-0.25, -0.2) is 4.39 Å². The predicted octanol–water partition coefficient (Wildman–Crippen LogP) is 3.19. The highest BCUT2D eigenvalue weighted by molar-refractivity contribution is 9.10. The highest BCUT2D eigenvalue weighted by atomic mass is 79.9. The summed E-state index contributed by atoms with van der Waals surface area (Å²) in [5, 5.41) is 14.8. The fourth-order valence-corrected chi connectivity index (χ4v) is 2.88. The van der Waals surface area contributed by atoms with Crippen molar-refractivity contribution in [2.45, 2.75) is 12.6 Å². The Morgan fingerprint density at radius 3 is 2.76 bits per heavy atom. The van der Waals surface area contributed by atoms with Crippen molar-refractivity contribution in [1.29, 1.82) is 0 Å². The molecule has 1 heterocycles. The van der Waals surface area contributed by atoms with Crippen LogP contribution in [-0.2, 0) is 6.54 Å². The molecule has 2 rings (SSSR count). The van der Waals surface area contributed by atoms with Crippen LogP contribution in [0.5, 0.6) is 0 Å². The Hall–Kier alpha value is -0.760. The van der Waals surface area contributed by atoms with E-state index in [1.807, 2.05) is 19.0 Å². The molecule has 1 aromatic carbocycles. The minimum atomic E-state index is -1.08. The van der Waals surface area contributed by atoms with E-state index in [2.05, 4.69) is 37.0 Å². The number of rotatable bonds is 5. The quantitative estimate of drug-likeness (QED) is 0.807. The number of halogens is 3. The molecular formula is C14H16Br2FN3O. The summed E-state index contributed by atoms with van der Waals surface area (Å²) in [6.45, 7) is 1.38. The first-order valence-corrected chi connectivity index (χ1v) is 7.97. The molecule has 0 aliphatic rings. The standard InChI is InChI=1S/C14H16Br2FN3O/c1-19(2)5-6-20-13(11(16)8-18-20)14(21)10-7-9(15)3-4-12(10)17/h3-4,7-8,14,21H,5-6H2,1-2H3. The topological polar surface area (TPSA) is 41.3 Å². The van der Waals surface area contributed by atoms with Crippen LogP contribution in [0.15, 0.2) is 33.3 Å². The van der Waals surface area contributed by atoms with Gasteiger partial charge in [-0.1, -0.05) is 15.9 Å². The lowest BCUT2D eigenvalue weighted by Gasteiger charge is -2.17. The van der Waals surface area contributed by atoms with Gasteiger partial charge in [0, 0.05) is 16.6 Å². The van der Waals surface area contributed by atoms with Crippen molar-refractivity contribution in [2.24, 2.45) is 0 Å². The van der Waals surface area contributed by atoms with Gasteiger partial charge in [0.1, 0.15) is 11.9 Å². The maximum Gasteiger partial charge on any atom is 0.129 e. The van der Waals surface area contributed by atoms with Crippen molar-refractivity contribution >= 4 is 31.9 Å². The maximum atomic E-state index is 14.0. The largest absolute Gasteiger partial charge is 0.382 e. The molecule has 0 saturated heterocycles. The zero-order chi connectivity index (χ0) is 15.6. The van der Waals surface area contributed by atoms with Gasteiger partial charge in [-0.15, -0.1) is 0 Å². The van der Waals surface area contributed by atoms with Crippen LogP contribution in [0.1, 0.15) is 17.4 Å². The third kappa shape index (κ3) is 3.91. The lowest BCUT2D eigenvalue weighted by Crippen LogP contribution is -2.21. The van der Waals surface area contributed by atoms with E-state index in [9.17, 15) is 9.50 Å². The Labute approximate surface area is 139 Å². The lowest BCUT2D eigenvalue weighted by molar-refractivity contribution is 0.200. The summed E-state index contributed by atoms with van der Waals surface area (Å²) >= 11 is 6.67. The summed E-state index contributed by atoms with van der Waals surface area (Å²) in [5.74, 6) is -0.446. The van der Waals surface area contributed by atoms with Crippen molar-refractivity contribution in [3.05, 3.63) is 50.4 Å². The fourth-order valence-electron chi connectivity index (χ4n) is 1.99. The van der Waals surface area contributed by atoms with Crippen LogP contribution < -0.4 is 0 Å². The summed E-state index contributed by atoms with van der Waals surface area (Å²) in [5.41, 5.74) is 0.769. The number of hydrogen-bond acceptors (Lipinski definition) is 3. The van der Waals surface area contributed by atoms with Crippen LogP contribution in [0.25, 0.3) is 0 Å². The maximum absolute atomic E-state index is 14.0. The van der Waals surface area contributed by atoms with Crippen molar-refractivity contribution < 1.29 is 9.50 Å². The van der Waals surface area contributed by atoms with Gasteiger partial charge in [-0.05, 0) is 48.2 Å². The molecule has 0 aliphatic carbocycles. The van der Waals surface area contributed by atoms with Crippen LogP contribution >= 0.6 is 31.9 Å². The van der Waals surface area contributed by atoms with Gasteiger partial charge in [0.15, 0.2) is 0 Å². The minimum absolute atomic E-state index is 0.219. The molecule has 1 N–H and O–H groups in total. The number of likely N-dealkylation sites (N-methyl/N-ethyl adjacent to an activating group) is 1. The molecule has 21 heavy (non-hydrogen) atoms. The summed E-state index contributed by atoms with van der Waals surface area (Å²) in [4.78, 5) is 2.02. The number of aliphatic hydroxyl groups excluding tert-OH is 1. The lowest BCUT2D eigenvalue weighted by atomic mass is 10.1. The van der Waals surface area contributed by atoms with E-state index >= 15 is 0 Å². The van der Waals surface area contributed by atoms with Crippen LogP contribution in [0.2, 0.25) is 0 Å². The van der Waals surface area contributed by atoms with Crippen LogP contribution in [-0.4, -0.2) is 40.4 Å². The first-order chi connectivity index (χ1) is 9.90. The molecule has 0 spiro atoms. The second-order valence-corrected chi connectivity index (χ2v) is 6.74. The highest BCUT2D eigenvalue weighted by Crippen LogP contribution is 2.31. The van der Waals surface area contributed by atoms with Crippen molar-refractivity contribution in [2.75, 3.05) is 20.6 Å². The Kier molecular flexibility index (Phi) is 5.54. The SMILES string of the molecule is CN(C)CCn1ncc(Br)c1C(O)c1cc(Br)ccc1F. The van der Waals surface area contributed by atoms with E-state index in [-0.39, 0.29) is 5.56 Å².